The van der Waals surface area contributed by atoms with Gasteiger partial charge in [0, 0.05) is 40.9 Å². The number of hydrogen-bond donors (Lipinski definition) is 3. The van der Waals surface area contributed by atoms with Gasteiger partial charge in [0.15, 0.2) is 5.11 Å². The van der Waals surface area contributed by atoms with E-state index in [0.29, 0.717) is 17.8 Å². The third-order valence-corrected chi connectivity index (χ3v) is 6.70. The number of rotatable bonds is 5. The first-order valence-corrected chi connectivity index (χ1v) is 12.0. The van der Waals surface area contributed by atoms with Crippen molar-refractivity contribution in [3.8, 4) is 5.75 Å². The summed E-state index contributed by atoms with van der Waals surface area (Å²) in [6, 6.07) is 14.9. The summed E-state index contributed by atoms with van der Waals surface area (Å²) in [6.07, 6.45) is 9.72. The van der Waals surface area contributed by atoms with Crippen LogP contribution in [0.15, 0.2) is 54.7 Å². The molecule has 3 heterocycles. The summed E-state index contributed by atoms with van der Waals surface area (Å²) < 4.78 is 5.69. The Kier molecular flexibility index (Phi) is 6.14. The molecule has 1 fully saturated rings. The van der Waals surface area contributed by atoms with Crippen molar-refractivity contribution in [2.75, 3.05) is 30.3 Å². The molecule has 32 heavy (non-hydrogen) atoms. The van der Waals surface area contributed by atoms with Crippen LogP contribution in [0.5, 0.6) is 5.75 Å². The Balaban J connectivity index is 1.34. The zero-order chi connectivity index (χ0) is 21.9. The molecule has 166 valence electrons. The highest BCUT2D eigenvalue weighted by Crippen LogP contribution is 2.35. The van der Waals surface area contributed by atoms with Gasteiger partial charge in [-0.3, -0.25) is 4.90 Å². The summed E-state index contributed by atoms with van der Waals surface area (Å²) in [5.74, 6) is 0.795. The Hall–Kier alpha value is -2.83. The van der Waals surface area contributed by atoms with Gasteiger partial charge in [-0.05, 0) is 80.9 Å². The monoisotopic (exact) mass is 446 g/mol. The zero-order valence-corrected chi connectivity index (χ0v) is 19.3. The molecular formula is C26H30N4OS. The van der Waals surface area contributed by atoms with Crippen molar-refractivity contribution in [1.29, 1.82) is 0 Å². The van der Waals surface area contributed by atoms with Crippen LogP contribution in [0.25, 0.3) is 16.5 Å². The molecule has 0 aliphatic carbocycles. The minimum Gasteiger partial charge on any atom is -0.492 e. The van der Waals surface area contributed by atoms with Crippen LogP contribution in [0.2, 0.25) is 0 Å². The molecule has 2 aliphatic rings. The number of anilines is 2. The van der Waals surface area contributed by atoms with Crippen LogP contribution in [-0.4, -0.2) is 40.7 Å². The van der Waals surface area contributed by atoms with Crippen molar-refractivity contribution < 1.29 is 4.74 Å². The molecule has 1 aromatic heterocycles. The van der Waals surface area contributed by atoms with Gasteiger partial charge >= 0.3 is 0 Å². The number of piperidine rings is 1. The molecule has 3 N–H and O–H groups in total. The molecule has 1 unspecified atom stereocenters. The van der Waals surface area contributed by atoms with Gasteiger partial charge in [-0.2, -0.15) is 0 Å². The zero-order valence-electron chi connectivity index (χ0n) is 18.5. The fraction of sp³-hybridized carbons (Fsp3) is 0.346. The third-order valence-electron chi connectivity index (χ3n) is 6.50. The molecule has 0 radical (unpaired) electrons. The van der Waals surface area contributed by atoms with E-state index in [9.17, 15) is 0 Å². The molecule has 2 aromatic carbocycles. The smallest absolute Gasteiger partial charge is 0.175 e. The first kappa shape index (κ1) is 21.0. The van der Waals surface area contributed by atoms with E-state index >= 15 is 0 Å². The Bertz CT molecular complexity index is 1150. The molecule has 5 nitrogen and oxygen atoms in total. The fourth-order valence-electron chi connectivity index (χ4n) is 4.92. The molecule has 0 saturated carbocycles. The van der Waals surface area contributed by atoms with E-state index in [1.54, 1.807) is 0 Å². The summed E-state index contributed by atoms with van der Waals surface area (Å²) in [4.78, 5) is 6.09. The normalized spacial score (nSPS) is 18.7. The lowest BCUT2D eigenvalue weighted by Crippen LogP contribution is -2.41. The van der Waals surface area contributed by atoms with E-state index in [2.05, 4.69) is 51.0 Å². The summed E-state index contributed by atoms with van der Waals surface area (Å²) in [7, 11) is 0. The average molecular weight is 447 g/mol. The molecule has 0 spiro atoms. The van der Waals surface area contributed by atoms with Gasteiger partial charge in [0.25, 0.3) is 0 Å². The fourth-order valence-corrected chi connectivity index (χ4v) is 5.14. The number of ether oxygens (including phenoxy) is 1. The molecule has 6 heteroatoms. The van der Waals surface area contributed by atoms with Crippen molar-refractivity contribution in [3.63, 3.8) is 0 Å². The lowest BCUT2D eigenvalue weighted by atomic mass is 9.89. The maximum Gasteiger partial charge on any atom is 0.175 e. The SMILES string of the molecule is CCOc1ccccc1NC(=S)Nc1ccc2[nH]cc(C3=CCN4CCCCC4C3)c2c1. The summed E-state index contributed by atoms with van der Waals surface area (Å²) in [5.41, 5.74) is 5.76. The summed E-state index contributed by atoms with van der Waals surface area (Å²) in [5, 5.41) is 8.39. The highest BCUT2D eigenvalue weighted by Gasteiger charge is 2.27. The molecule has 3 aromatic rings. The molecule has 1 atom stereocenters. The standard InChI is InChI=1S/C26H30N4OS/c1-2-31-25-9-4-3-8-24(25)29-26(32)28-19-10-11-23-21(16-19)22(17-27-23)18-12-14-30-13-6-5-7-20(30)15-18/h3-4,8-12,16-17,20,27H,2,5-7,13-15H2,1H3,(H2,28,29,32). The van der Waals surface area contributed by atoms with Crippen molar-refractivity contribution in [3.05, 3.63) is 60.3 Å². The van der Waals surface area contributed by atoms with E-state index in [-0.39, 0.29) is 0 Å². The van der Waals surface area contributed by atoms with Gasteiger partial charge in [0.1, 0.15) is 5.75 Å². The van der Waals surface area contributed by atoms with Gasteiger partial charge in [-0.25, -0.2) is 0 Å². The second-order valence-electron chi connectivity index (χ2n) is 8.55. The van der Waals surface area contributed by atoms with Crippen molar-refractivity contribution >= 4 is 45.2 Å². The van der Waals surface area contributed by atoms with E-state index in [4.69, 9.17) is 17.0 Å². The van der Waals surface area contributed by atoms with Crippen LogP contribution in [-0.2, 0) is 0 Å². The van der Waals surface area contributed by atoms with Crippen LogP contribution < -0.4 is 15.4 Å². The molecule has 0 bridgehead atoms. The third kappa shape index (κ3) is 4.38. The maximum absolute atomic E-state index is 5.69. The predicted octanol–water partition coefficient (Wildman–Crippen LogP) is 6.02. The minimum absolute atomic E-state index is 0.545. The summed E-state index contributed by atoms with van der Waals surface area (Å²) in [6.45, 7) is 4.90. The average Bonchev–Trinajstić information content (AvgIpc) is 3.23. The van der Waals surface area contributed by atoms with Gasteiger partial charge in [0.05, 0.1) is 12.3 Å². The number of aromatic amines is 1. The van der Waals surface area contributed by atoms with E-state index in [1.165, 1.54) is 42.3 Å². The summed E-state index contributed by atoms with van der Waals surface area (Å²) >= 11 is 5.58. The number of nitrogens with zero attached hydrogens (tertiary/aromatic N) is 1. The van der Waals surface area contributed by atoms with E-state index in [0.717, 1.165) is 35.6 Å². The van der Waals surface area contributed by atoms with E-state index < -0.39 is 0 Å². The molecule has 2 aliphatic heterocycles. The quantitative estimate of drug-likeness (QED) is 0.419. The lowest BCUT2D eigenvalue weighted by molar-refractivity contribution is 0.161. The van der Waals surface area contributed by atoms with Crippen LogP contribution in [0.4, 0.5) is 11.4 Å². The number of fused-ring (bicyclic) bond motifs is 2. The first-order chi connectivity index (χ1) is 15.7. The highest BCUT2D eigenvalue weighted by molar-refractivity contribution is 7.80. The highest BCUT2D eigenvalue weighted by atomic mass is 32.1. The van der Waals surface area contributed by atoms with Crippen LogP contribution in [0.3, 0.4) is 0 Å². The maximum atomic E-state index is 5.69. The van der Waals surface area contributed by atoms with Crippen molar-refractivity contribution in [1.82, 2.24) is 9.88 Å². The first-order valence-electron chi connectivity index (χ1n) is 11.6. The predicted molar refractivity (Wildman–Crippen MR) is 138 cm³/mol. The Morgan fingerprint density at radius 2 is 2.09 bits per heavy atom. The number of hydrogen-bond acceptors (Lipinski definition) is 3. The largest absolute Gasteiger partial charge is 0.492 e. The lowest BCUT2D eigenvalue weighted by Gasteiger charge is -2.38. The number of nitrogens with one attached hydrogen (secondary N) is 3. The van der Waals surface area contributed by atoms with Crippen molar-refractivity contribution in [2.24, 2.45) is 0 Å². The van der Waals surface area contributed by atoms with Gasteiger partial charge in [-0.15, -0.1) is 0 Å². The minimum atomic E-state index is 0.545. The second kappa shape index (κ2) is 9.35. The number of H-pyrrole nitrogens is 1. The molecular weight excluding hydrogens is 416 g/mol. The molecule has 5 rings (SSSR count). The van der Waals surface area contributed by atoms with Crippen molar-refractivity contribution in [2.45, 2.75) is 38.6 Å². The topological polar surface area (TPSA) is 52.3 Å². The van der Waals surface area contributed by atoms with Gasteiger partial charge < -0.3 is 20.4 Å². The second-order valence-corrected chi connectivity index (χ2v) is 8.96. The van der Waals surface area contributed by atoms with Gasteiger partial charge in [-0.1, -0.05) is 24.6 Å². The molecule has 0 amide bonds. The Morgan fingerprint density at radius 3 is 3.00 bits per heavy atom. The van der Waals surface area contributed by atoms with Crippen LogP contribution in [0, 0.1) is 0 Å². The number of aromatic nitrogens is 1. The number of para-hydroxylation sites is 2. The van der Waals surface area contributed by atoms with Crippen LogP contribution in [0.1, 0.15) is 38.2 Å². The molecule has 1 saturated heterocycles. The Morgan fingerprint density at radius 1 is 1.19 bits per heavy atom. The number of thiocarbonyl (C=S) groups is 1. The van der Waals surface area contributed by atoms with Crippen LogP contribution >= 0.6 is 12.2 Å². The van der Waals surface area contributed by atoms with E-state index in [1.807, 2.05) is 31.2 Å². The Labute approximate surface area is 194 Å². The number of benzene rings is 2. The van der Waals surface area contributed by atoms with Gasteiger partial charge in [0.2, 0.25) is 0 Å².